The molecule has 0 radical (unpaired) electrons. The average molecular weight is 200 g/mol. The SMILES string of the molecule is CC(C)CC(CN)CC(=O)NC(C)C. The summed E-state index contributed by atoms with van der Waals surface area (Å²) in [5, 5.41) is 2.89. The molecular formula is C11H24N2O. The van der Waals surface area contributed by atoms with Crippen molar-refractivity contribution in [2.24, 2.45) is 17.6 Å². The quantitative estimate of drug-likeness (QED) is 0.683. The van der Waals surface area contributed by atoms with Crippen molar-refractivity contribution in [3.8, 4) is 0 Å². The maximum atomic E-state index is 11.4. The summed E-state index contributed by atoms with van der Waals surface area (Å²) in [6.45, 7) is 8.85. The zero-order valence-corrected chi connectivity index (χ0v) is 9.84. The standard InChI is InChI=1S/C11H24N2O/c1-8(2)5-10(7-12)6-11(14)13-9(3)4/h8-10H,5-7,12H2,1-4H3,(H,13,14). The van der Waals surface area contributed by atoms with Crippen molar-refractivity contribution < 1.29 is 4.79 Å². The van der Waals surface area contributed by atoms with Gasteiger partial charge in [-0.15, -0.1) is 0 Å². The Morgan fingerprint density at radius 1 is 1.29 bits per heavy atom. The van der Waals surface area contributed by atoms with E-state index in [9.17, 15) is 4.79 Å². The second kappa shape index (κ2) is 6.82. The molecule has 1 unspecified atom stereocenters. The Hall–Kier alpha value is -0.570. The molecule has 0 aliphatic rings. The van der Waals surface area contributed by atoms with Crippen molar-refractivity contribution in [1.82, 2.24) is 5.32 Å². The van der Waals surface area contributed by atoms with Crippen molar-refractivity contribution in [2.45, 2.75) is 46.6 Å². The summed E-state index contributed by atoms with van der Waals surface area (Å²) in [5.74, 6) is 1.06. The van der Waals surface area contributed by atoms with Gasteiger partial charge in [-0.1, -0.05) is 13.8 Å². The van der Waals surface area contributed by atoms with E-state index < -0.39 is 0 Å². The molecule has 14 heavy (non-hydrogen) atoms. The molecular weight excluding hydrogens is 176 g/mol. The predicted octanol–water partition coefficient (Wildman–Crippen LogP) is 1.52. The molecule has 0 aliphatic heterocycles. The highest BCUT2D eigenvalue weighted by molar-refractivity contribution is 5.76. The van der Waals surface area contributed by atoms with Crippen LogP contribution in [0.3, 0.4) is 0 Å². The number of hydrogen-bond donors (Lipinski definition) is 2. The van der Waals surface area contributed by atoms with E-state index in [4.69, 9.17) is 5.73 Å². The van der Waals surface area contributed by atoms with Gasteiger partial charge in [0.05, 0.1) is 0 Å². The van der Waals surface area contributed by atoms with Gasteiger partial charge in [0.15, 0.2) is 0 Å². The Morgan fingerprint density at radius 2 is 1.86 bits per heavy atom. The molecule has 0 aromatic carbocycles. The van der Waals surface area contributed by atoms with E-state index in [-0.39, 0.29) is 11.9 Å². The Bertz CT molecular complexity index is 167. The molecule has 0 bridgehead atoms. The smallest absolute Gasteiger partial charge is 0.220 e. The monoisotopic (exact) mass is 200 g/mol. The number of amides is 1. The normalized spacial score (nSPS) is 13.4. The molecule has 0 fully saturated rings. The molecule has 3 heteroatoms. The van der Waals surface area contributed by atoms with Crippen LogP contribution in [0.2, 0.25) is 0 Å². The van der Waals surface area contributed by atoms with Crippen LogP contribution in [-0.2, 0) is 4.79 Å². The van der Waals surface area contributed by atoms with Gasteiger partial charge in [-0.3, -0.25) is 4.79 Å². The summed E-state index contributed by atoms with van der Waals surface area (Å²) in [4.78, 5) is 11.4. The number of carbonyl (C=O) groups is 1. The predicted molar refractivity (Wildman–Crippen MR) is 59.9 cm³/mol. The van der Waals surface area contributed by atoms with Crippen LogP contribution in [0, 0.1) is 11.8 Å². The van der Waals surface area contributed by atoms with Crippen molar-refractivity contribution in [3.63, 3.8) is 0 Å². The molecule has 1 amide bonds. The zero-order chi connectivity index (χ0) is 11.1. The number of nitrogens with two attached hydrogens (primary N) is 1. The van der Waals surface area contributed by atoms with Crippen LogP contribution >= 0.6 is 0 Å². The molecule has 0 saturated heterocycles. The van der Waals surface area contributed by atoms with E-state index in [0.717, 1.165) is 6.42 Å². The minimum atomic E-state index is 0.121. The fourth-order valence-electron chi connectivity index (χ4n) is 1.57. The molecule has 0 aromatic rings. The highest BCUT2D eigenvalue weighted by Gasteiger charge is 2.14. The Balaban J connectivity index is 3.86. The lowest BCUT2D eigenvalue weighted by atomic mass is 9.94. The van der Waals surface area contributed by atoms with Crippen LogP contribution in [0.1, 0.15) is 40.5 Å². The minimum absolute atomic E-state index is 0.121. The summed E-state index contributed by atoms with van der Waals surface area (Å²) >= 11 is 0. The third-order valence-electron chi connectivity index (χ3n) is 2.06. The molecule has 3 nitrogen and oxygen atoms in total. The molecule has 1 atom stereocenters. The summed E-state index contributed by atoms with van der Waals surface area (Å²) in [5.41, 5.74) is 5.62. The number of hydrogen-bond acceptors (Lipinski definition) is 2. The first kappa shape index (κ1) is 13.4. The summed E-state index contributed by atoms with van der Waals surface area (Å²) in [7, 11) is 0. The van der Waals surface area contributed by atoms with Crippen LogP contribution in [0.25, 0.3) is 0 Å². The molecule has 0 rings (SSSR count). The van der Waals surface area contributed by atoms with Gasteiger partial charge in [0.1, 0.15) is 0 Å². The van der Waals surface area contributed by atoms with E-state index in [1.807, 2.05) is 13.8 Å². The van der Waals surface area contributed by atoms with Crippen molar-refractivity contribution in [2.75, 3.05) is 6.54 Å². The number of carbonyl (C=O) groups excluding carboxylic acids is 1. The fourth-order valence-corrected chi connectivity index (χ4v) is 1.57. The Kier molecular flexibility index (Phi) is 6.54. The fraction of sp³-hybridized carbons (Fsp3) is 0.909. The van der Waals surface area contributed by atoms with Gasteiger partial charge in [-0.25, -0.2) is 0 Å². The molecule has 0 saturated carbocycles. The first-order chi connectivity index (χ1) is 6.45. The van der Waals surface area contributed by atoms with Crippen molar-refractivity contribution >= 4 is 5.91 Å². The third-order valence-corrected chi connectivity index (χ3v) is 2.06. The summed E-state index contributed by atoms with van der Waals surface area (Å²) < 4.78 is 0. The minimum Gasteiger partial charge on any atom is -0.354 e. The highest BCUT2D eigenvalue weighted by Crippen LogP contribution is 2.13. The molecule has 0 aliphatic carbocycles. The zero-order valence-electron chi connectivity index (χ0n) is 9.84. The summed E-state index contributed by atoms with van der Waals surface area (Å²) in [6.07, 6.45) is 1.59. The van der Waals surface area contributed by atoms with E-state index in [2.05, 4.69) is 19.2 Å². The van der Waals surface area contributed by atoms with Crippen molar-refractivity contribution in [3.05, 3.63) is 0 Å². The lowest BCUT2D eigenvalue weighted by molar-refractivity contribution is -0.122. The molecule has 0 spiro atoms. The maximum Gasteiger partial charge on any atom is 0.220 e. The van der Waals surface area contributed by atoms with Gasteiger partial charge in [-0.2, -0.15) is 0 Å². The topological polar surface area (TPSA) is 55.1 Å². The van der Waals surface area contributed by atoms with Crippen LogP contribution in [0.4, 0.5) is 0 Å². The molecule has 84 valence electrons. The highest BCUT2D eigenvalue weighted by atomic mass is 16.1. The van der Waals surface area contributed by atoms with Crippen molar-refractivity contribution in [1.29, 1.82) is 0 Å². The van der Waals surface area contributed by atoms with Gasteiger partial charge in [0, 0.05) is 12.5 Å². The lowest BCUT2D eigenvalue weighted by Crippen LogP contribution is -2.33. The van der Waals surface area contributed by atoms with E-state index in [1.54, 1.807) is 0 Å². The van der Waals surface area contributed by atoms with E-state index in [0.29, 0.717) is 24.8 Å². The summed E-state index contributed by atoms with van der Waals surface area (Å²) in [6, 6.07) is 0.222. The van der Waals surface area contributed by atoms with Gasteiger partial charge in [-0.05, 0) is 38.6 Å². The molecule has 0 heterocycles. The van der Waals surface area contributed by atoms with Gasteiger partial charge in [0.25, 0.3) is 0 Å². The van der Waals surface area contributed by atoms with Gasteiger partial charge < -0.3 is 11.1 Å². The second-order valence-electron chi connectivity index (χ2n) is 4.66. The van der Waals surface area contributed by atoms with Crippen LogP contribution in [-0.4, -0.2) is 18.5 Å². The van der Waals surface area contributed by atoms with Gasteiger partial charge >= 0.3 is 0 Å². The molecule has 0 aromatic heterocycles. The van der Waals surface area contributed by atoms with E-state index in [1.165, 1.54) is 0 Å². The average Bonchev–Trinajstić information content (AvgIpc) is 2.00. The van der Waals surface area contributed by atoms with Crippen LogP contribution in [0.5, 0.6) is 0 Å². The second-order valence-corrected chi connectivity index (χ2v) is 4.66. The Morgan fingerprint density at radius 3 is 2.21 bits per heavy atom. The van der Waals surface area contributed by atoms with E-state index >= 15 is 0 Å². The first-order valence-electron chi connectivity index (χ1n) is 5.45. The van der Waals surface area contributed by atoms with Crippen LogP contribution in [0.15, 0.2) is 0 Å². The number of nitrogens with one attached hydrogen (secondary N) is 1. The van der Waals surface area contributed by atoms with Crippen LogP contribution < -0.4 is 11.1 Å². The maximum absolute atomic E-state index is 11.4. The van der Waals surface area contributed by atoms with Gasteiger partial charge in [0.2, 0.25) is 5.91 Å². The lowest BCUT2D eigenvalue weighted by Gasteiger charge is -2.17. The molecule has 3 N–H and O–H groups in total. The first-order valence-corrected chi connectivity index (χ1v) is 5.45. The Labute approximate surface area is 87.4 Å². The number of rotatable bonds is 6. The third kappa shape index (κ3) is 6.89. The largest absolute Gasteiger partial charge is 0.354 e.